The van der Waals surface area contributed by atoms with E-state index in [1.807, 2.05) is 0 Å². The number of morpholine rings is 1. The summed E-state index contributed by atoms with van der Waals surface area (Å²) in [6.45, 7) is 1.09. The van der Waals surface area contributed by atoms with Crippen molar-refractivity contribution in [2.24, 2.45) is 0 Å². The molecule has 1 aliphatic heterocycles. The van der Waals surface area contributed by atoms with Crippen LogP contribution in [0.4, 0.5) is 0 Å². The van der Waals surface area contributed by atoms with E-state index in [1.54, 1.807) is 23.1 Å². The van der Waals surface area contributed by atoms with Gasteiger partial charge in [0.15, 0.2) is 0 Å². The lowest BCUT2D eigenvalue weighted by atomic mass is 10.1. The first-order chi connectivity index (χ1) is 9.72. The van der Waals surface area contributed by atoms with Crippen LogP contribution >= 0.6 is 0 Å². The highest BCUT2D eigenvalue weighted by Gasteiger charge is 2.31. The van der Waals surface area contributed by atoms with Gasteiger partial charge in [-0.15, -0.1) is 0 Å². The molecule has 6 nitrogen and oxygen atoms in total. The molecule has 0 aromatic heterocycles. The van der Waals surface area contributed by atoms with Crippen LogP contribution in [0.5, 0.6) is 11.5 Å². The van der Waals surface area contributed by atoms with Crippen molar-refractivity contribution in [1.29, 1.82) is 0 Å². The monoisotopic (exact) mass is 281 g/mol. The Balaban J connectivity index is 2.36. The zero-order valence-corrected chi connectivity index (χ0v) is 11.7. The average molecular weight is 281 g/mol. The number of aliphatic hydroxyl groups excluding tert-OH is 1. The van der Waals surface area contributed by atoms with E-state index < -0.39 is 0 Å². The number of methoxy groups -OCH3 is 2. The van der Waals surface area contributed by atoms with Crippen LogP contribution in [0.2, 0.25) is 0 Å². The Bertz CT molecular complexity index is 454. The predicted octanol–water partition coefficient (Wildman–Crippen LogP) is 0.537. The van der Waals surface area contributed by atoms with Gasteiger partial charge in [-0.25, -0.2) is 0 Å². The lowest BCUT2D eigenvalue weighted by Crippen LogP contribution is -2.50. The molecular weight excluding hydrogens is 262 g/mol. The Morgan fingerprint density at radius 2 is 2.05 bits per heavy atom. The van der Waals surface area contributed by atoms with Crippen molar-refractivity contribution < 1.29 is 24.1 Å². The van der Waals surface area contributed by atoms with Gasteiger partial charge in [-0.1, -0.05) is 6.07 Å². The van der Waals surface area contributed by atoms with E-state index in [0.29, 0.717) is 36.8 Å². The van der Waals surface area contributed by atoms with E-state index in [-0.39, 0.29) is 18.6 Å². The molecule has 110 valence electrons. The Morgan fingerprint density at radius 3 is 2.60 bits per heavy atom. The molecule has 6 heteroatoms. The number of carbonyl (C=O) groups is 1. The maximum atomic E-state index is 12.7. The van der Waals surface area contributed by atoms with Gasteiger partial charge in [-0.05, 0) is 12.1 Å². The summed E-state index contributed by atoms with van der Waals surface area (Å²) in [4.78, 5) is 14.3. The van der Waals surface area contributed by atoms with Crippen LogP contribution in [0.1, 0.15) is 10.4 Å². The van der Waals surface area contributed by atoms with E-state index in [4.69, 9.17) is 14.2 Å². The van der Waals surface area contributed by atoms with Gasteiger partial charge in [0.1, 0.15) is 17.1 Å². The second-order valence-corrected chi connectivity index (χ2v) is 4.45. The van der Waals surface area contributed by atoms with Crippen LogP contribution in [0.3, 0.4) is 0 Å². The van der Waals surface area contributed by atoms with Crippen LogP contribution in [0, 0.1) is 0 Å². The molecule has 1 fully saturated rings. The fraction of sp³-hybridized carbons (Fsp3) is 0.500. The number of aliphatic hydroxyl groups is 1. The predicted molar refractivity (Wildman–Crippen MR) is 72.3 cm³/mol. The molecular formula is C14H19NO5. The van der Waals surface area contributed by atoms with Crippen molar-refractivity contribution in [2.45, 2.75) is 6.04 Å². The topological polar surface area (TPSA) is 68.2 Å². The smallest absolute Gasteiger partial charge is 0.261 e. The number of amides is 1. The lowest BCUT2D eigenvalue weighted by molar-refractivity contribution is -0.0186. The summed E-state index contributed by atoms with van der Waals surface area (Å²) in [7, 11) is 3.02. The zero-order chi connectivity index (χ0) is 14.5. The molecule has 1 aromatic rings. The zero-order valence-electron chi connectivity index (χ0n) is 11.7. The minimum atomic E-state index is -0.342. The standard InChI is InChI=1S/C14H19NO5/c1-18-11-4-3-5-12(19-2)13(11)14(17)15-6-7-20-9-10(15)8-16/h3-5,10,16H,6-9H2,1-2H3. The SMILES string of the molecule is COc1cccc(OC)c1C(=O)N1CCOCC1CO. The first kappa shape index (κ1) is 14.6. The summed E-state index contributed by atoms with van der Waals surface area (Å²) in [5.41, 5.74) is 0.373. The minimum Gasteiger partial charge on any atom is -0.496 e. The molecule has 0 bridgehead atoms. The molecule has 1 aromatic carbocycles. The molecule has 0 spiro atoms. The van der Waals surface area contributed by atoms with Crippen molar-refractivity contribution in [3.8, 4) is 11.5 Å². The number of carbonyl (C=O) groups excluding carboxylic acids is 1. The molecule has 20 heavy (non-hydrogen) atoms. The van der Waals surface area contributed by atoms with Gasteiger partial charge in [-0.2, -0.15) is 0 Å². The third-order valence-corrected chi connectivity index (χ3v) is 3.34. The fourth-order valence-electron chi connectivity index (χ4n) is 2.28. The molecule has 1 aliphatic rings. The molecule has 2 rings (SSSR count). The van der Waals surface area contributed by atoms with E-state index in [1.165, 1.54) is 14.2 Å². The van der Waals surface area contributed by atoms with Gasteiger partial charge >= 0.3 is 0 Å². The van der Waals surface area contributed by atoms with Gasteiger partial charge < -0.3 is 24.2 Å². The van der Waals surface area contributed by atoms with Crippen LogP contribution in [0.15, 0.2) is 18.2 Å². The molecule has 1 amide bonds. The van der Waals surface area contributed by atoms with E-state index in [9.17, 15) is 9.90 Å². The van der Waals surface area contributed by atoms with E-state index >= 15 is 0 Å². The number of hydrogen-bond acceptors (Lipinski definition) is 5. The van der Waals surface area contributed by atoms with E-state index in [0.717, 1.165) is 0 Å². The van der Waals surface area contributed by atoms with Crippen molar-refractivity contribution in [1.82, 2.24) is 4.90 Å². The molecule has 0 aliphatic carbocycles. The van der Waals surface area contributed by atoms with Gasteiger partial charge in [0, 0.05) is 6.54 Å². The highest BCUT2D eigenvalue weighted by atomic mass is 16.5. The van der Waals surface area contributed by atoms with Crippen LogP contribution < -0.4 is 9.47 Å². The Labute approximate surface area is 117 Å². The van der Waals surface area contributed by atoms with Crippen LogP contribution in [-0.2, 0) is 4.74 Å². The van der Waals surface area contributed by atoms with Crippen molar-refractivity contribution in [3.05, 3.63) is 23.8 Å². The first-order valence-corrected chi connectivity index (χ1v) is 6.43. The number of benzene rings is 1. The second kappa shape index (κ2) is 6.58. The van der Waals surface area contributed by atoms with Gasteiger partial charge in [0.2, 0.25) is 0 Å². The van der Waals surface area contributed by atoms with Crippen molar-refractivity contribution in [2.75, 3.05) is 40.6 Å². The van der Waals surface area contributed by atoms with Crippen molar-refractivity contribution in [3.63, 3.8) is 0 Å². The average Bonchev–Trinajstić information content (AvgIpc) is 2.53. The van der Waals surface area contributed by atoms with Gasteiger partial charge in [-0.3, -0.25) is 4.79 Å². The summed E-state index contributed by atoms with van der Waals surface area (Å²) in [6.07, 6.45) is 0. The summed E-state index contributed by atoms with van der Waals surface area (Å²) < 4.78 is 15.8. The summed E-state index contributed by atoms with van der Waals surface area (Å²) >= 11 is 0. The quantitative estimate of drug-likeness (QED) is 0.872. The molecule has 0 radical (unpaired) electrons. The highest BCUT2D eigenvalue weighted by molar-refractivity contribution is 6.00. The second-order valence-electron chi connectivity index (χ2n) is 4.45. The summed E-state index contributed by atoms with van der Waals surface area (Å²) in [5, 5.41) is 9.37. The maximum Gasteiger partial charge on any atom is 0.261 e. The van der Waals surface area contributed by atoms with E-state index in [2.05, 4.69) is 0 Å². The normalized spacial score (nSPS) is 18.8. The van der Waals surface area contributed by atoms with Crippen LogP contribution in [-0.4, -0.2) is 62.5 Å². The first-order valence-electron chi connectivity index (χ1n) is 6.43. The molecule has 1 heterocycles. The maximum absolute atomic E-state index is 12.7. The molecule has 1 unspecified atom stereocenters. The largest absolute Gasteiger partial charge is 0.496 e. The number of ether oxygens (including phenoxy) is 3. The molecule has 1 N–H and O–H groups in total. The number of rotatable bonds is 4. The van der Waals surface area contributed by atoms with Crippen molar-refractivity contribution >= 4 is 5.91 Å². The third-order valence-electron chi connectivity index (χ3n) is 3.34. The Hall–Kier alpha value is -1.79. The highest BCUT2D eigenvalue weighted by Crippen LogP contribution is 2.30. The molecule has 1 atom stereocenters. The Kier molecular flexibility index (Phi) is 4.81. The molecule has 0 saturated carbocycles. The van der Waals surface area contributed by atoms with Gasteiger partial charge in [0.25, 0.3) is 5.91 Å². The number of hydrogen-bond donors (Lipinski definition) is 1. The van der Waals surface area contributed by atoms with Gasteiger partial charge in [0.05, 0.1) is 40.1 Å². The summed E-state index contributed by atoms with van der Waals surface area (Å²) in [6, 6.07) is 4.84. The number of nitrogens with zero attached hydrogens (tertiary/aromatic N) is 1. The third kappa shape index (κ3) is 2.71. The van der Waals surface area contributed by atoms with Crippen LogP contribution in [0.25, 0.3) is 0 Å². The lowest BCUT2D eigenvalue weighted by Gasteiger charge is -2.35. The Morgan fingerprint density at radius 1 is 1.40 bits per heavy atom. The molecule has 1 saturated heterocycles. The minimum absolute atomic E-state index is 0.136. The summed E-state index contributed by atoms with van der Waals surface area (Å²) in [5.74, 6) is 0.691. The fourth-order valence-corrected chi connectivity index (χ4v) is 2.28.